The van der Waals surface area contributed by atoms with Crippen molar-refractivity contribution < 1.29 is 9.59 Å². The molecule has 0 N–H and O–H groups in total. The van der Waals surface area contributed by atoms with Gasteiger partial charge in [0.25, 0.3) is 0 Å². The second kappa shape index (κ2) is 47.7. The quantitative estimate of drug-likeness (QED) is 0.0367. The predicted octanol–water partition coefficient (Wildman–Crippen LogP) is 37.1. The summed E-state index contributed by atoms with van der Waals surface area (Å²) < 4.78 is 9.47. The molecular weight excluding hydrogens is 1980 g/mol. The van der Waals surface area contributed by atoms with Gasteiger partial charge < -0.3 is 0 Å². The first-order chi connectivity index (χ1) is 55.7. The molecule has 11 heterocycles. The fourth-order valence-electron chi connectivity index (χ4n) is 15.8. The van der Waals surface area contributed by atoms with E-state index in [-0.39, 0.29) is 19.0 Å². The van der Waals surface area contributed by atoms with Crippen LogP contribution in [0, 0.1) is 29.6 Å². The molecule has 117 heavy (non-hydrogen) atoms. The Morgan fingerprint density at radius 2 is 0.598 bits per heavy atom. The summed E-state index contributed by atoms with van der Waals surface area (Å²) in [4.78, 5) is 60.7. The average molecular weight is 2120 g/mol. The molecule has 2 nitrogen and oxygen atoms in total. The summed E-state index contributed by atoms with van der Waals surface area (Å²) in [5, 5.41) is 16.3. The van der Waals surface area contributed by atoms with Gasteiger partial charge in [-0.05, 0) is 119 Å². The Kier molecular flexibility index (Phi) is 40.3. The van der Waals surface area contributed by atoms with Crippen molar-refractivity contribution in [1.29, 1.82) is 0 Å². The second-order valence-electron chi connectivity index (χ2n) is 35.3. The first kappa shape index (κ1) is 99.0. The van der Waals surface area contributed by atoms with Crippen molar-refractivity contribution in [2.45, 2.75) is 282 Å². The molecule has 14 rings (SSSR count). The van der Waals surface area contributed by atoms with Gasteiger partial charge >= 0.3 is 336 Å². The molecule has 5 unspecified atom stereocenters. The van der Waals surface area contributed by atoms with Gasteiger partial charge in [-0.15, -0.1) is 79.4 Å². The van der Waals surface area contributed by atoms with E-state index >= 15 is 0 Å². The standard InChI is InChI=1S/C34H42S4.C34H40S4.C12H20S.C10H4O2S2.CH4.9CH3.ClH.3Sn/c2*1-5-9-11-23(7-3)21-25-13-15-29(37-25)31-27-17-19-36-34(27)32(28-18-20-35-33(28)31)30-16-14-26(38-30)22-24(8-4)12-10-6-2;1-3-5-7-11(4-2)10-12-8-6-9-13-12;11-7-5-1-3-13-9(5)8(12)6-2-4-14-10(6)7;;;;;;;;;;;;;;/h13-20,23-24H,5-12,21-22H2,1-4H3;13-18,23-24H,5-12,21-22H2,1-4H3;6,8-9,11H,3-5,7,10H2,1-2H3;1-4H;1H4;9*1H3;1H;;;/q;;;;;;;;;;;;;;;;;+1/p-1. The van der Waals surface area contributed by atoms with Crippen molar-refractivity contribution >= 4 is 245 Å². The summed E-state index contributed by atoms with van der Waals surface area (Å²) in [7, 11) is 5.74. The SMILES string of the molecule is C.CCCCC(CC)Cc1ccc(-c2c3c[c]([Sn]([CH3])([CH3])[CH3])sc3c(-c3ccc(CC(CC)CCCC)s3)c3c[c]([Sn]([CH3])([CH3])[CH3])sc23)s1.CCCCC(CC)Cc1ccc(-c2c3ccsc3c(-c3ccc(CC(CC)CCCC)s3)c3ccsc23)s1.CCCCC(CC)Cc1cccs1.O=C1c2ccsc2C(=O)c2ccsc21.[CH3][Sn]([CH3])([CH3])[Cl]. The number of benzene rings is 2. The van der Waals surface area contributed by atoms with Gasteiger partial charge in [-0.25, -0.2) is 0 Å². The average Bonchev–Trinajstić information content (AvgIpc) is 1.57. The third-order valence-electron chi connectivity index (χ3n) is 22.9. The number of carbonyl (C=O) groups excluding carboxylic acids is 2. The summed E-state index contributed by atoms with van der Waals surface area (Å²) in [6.45, 7) is 23.4. The summed E-state index contributed by atoms with van der Waals surface area (Å²) in [6, 6.07) is 37.5. The van der Waals surface area contributed by atoms with E-state index in [1.54, 1.807) is 84.4 Å². The Morgan fingerprint density at radius 3 is 0.863 bits per heavy atom. The normalized spacial score (nSPS) is 13.6. The zero-order chi connectivity index (χ0) is 83.4. The van der Waals surface area contributed by atoms with E-state index in [0.717, 1.165) is 29.6 Å². The first-order valence-corrected chi connectivity index (χ1v) is 85.4. The molecule has 0 spiro atoms. The van der Waals surface area contributed by atoms with Gasteiger partial charge in [0.2, 0.25) is 11.6 Å². The van der Waals surface area contributed by atoms with Crippen LogP contribution in [0.25, 0.3) is 82.1 Å². The van der Waals surface area contributed by atoms with Crippen LogP contribution >= 0.6 is 134 Å². The van der Waals surface area contributed by atoms with Crippen molar-refractivity contribution in [1.82, 2.24) is 0 Å². The van der Waals surface area contributed by atoms with Crippen molar-refractivity contribution in [3.63, 3.8) is 0 Å². The van der Waals surface area contributed by atoms with E-state index in [1.165, 1.54) is 234 Å². The molecular formula is C100H137ClO2S11Sn3. The molecule has 0 aliphatic heterocycles. The van der Waals surface area contributed by atoms with Crippen molar-refractivity contribution in [3.05, 3.63) is 169 Å². The van der Waals surface area contributed by atoms with Gasteiger partial charge in [-0.1, -0.05) is 146 Å². The van der Waals surface area contributed by atoms with Crippen LogP contribution < -0.4 is 5.79 Å². The Bertz CT molecular complexity index is 4730. The van der Waals surface area contributed by atoms with Gasteiger partial charge in [-0.2, -0.15) is 0 Å². The van der Waals surface area contributed by atoms with Crippen LogP contribution in [0.3, 0.4) is 0 Å². The summed E-state index contributed by atoms with van der Waals surface area (Å²) >= 11 is 14.7. The molecule has 0 radical (unpaired) electrons. The fraction of sp³-hybridized carbons (Fsp3) is 0.500. The zero-order valence-electron chi connectivity index (χ0n) is 73.4. The molecule has 11 aromatic heterocycles. The molecule has 1 aliphatic rings. The van der Waals surface area contributed by atoms with Crippen LogP contribution in [0.1, 0.15) is 260 Å². The van der Waals surface area contributed by atoms with Crippen LogP contribution in [0.2, 0.25) is 44.5 Å². The Labute approximate surface area is 767 Å². The number of carbonyl (C=O) groups is 2. The fourth-order valence-corrected chi connectivity index (χ4v) is 38.1. The van der Waals surface area contributed by atoms with Gasteiger partial charge in [0.15, 0.2) is 0 Å². The van der Waals surface area contributed by atoms with E-state index in [1.807, 2.05) is 56.7 Å². The van der Waals surface area contributed by atoms with Crippen molar-refractivity contribution in [2.24, 2.45) is 29.6 Å². The zero-order valence-corrected chi connectivity index (χ0v) is 91.7. The molecule has 13 aromatic rings. The number of hydrogen-bond donors (Lipinski definition) is 0. The summed E-state index contributed by atoms with van der Waals surface area (Å²) in [6.07, 6.45) is 32.9. The van der Waals surface area contributed by atoms with Crippen molar-refractivity contribution in [2.75, 3.05) is 0 Å². The van der Waals surface area contributed by atoms with E-state index in [0.29, 0.717) is 20.9 Å². The molecule has 1 aliphatic carbocycles. The maximum atomic E-state index is 11.8. The summed E-state index contributed by atoms with van der Waals surface area (Å²) in [5.74, 6) is 4.14. The number of ketones is 2. The molecule has 0 saturated heterocycles. The number of rotatable bonds is 36. The number of halogens is 1. The minimum absolute atomic E-state index is 0. The van der Waals surface area contributed by atoms with E-state index in [4.69, 9.17) is 8.92 Å². The van der Waals surface area contributed by atoms with Gasteiger partial charge in [0, 0.05) is 66.8 Å². The van der Waals surface area contributed by atoms with Crippen LogP contribution in [0.15, 0.2) is 124 Å². The van der Waals surface area contributed by atoms with Crippen LogP contribution in [-0.2, 0) is 32.1 Å². The molecule has 0 fully saturated rings. The maximum absolute atomic E-state index is 11.8. The Hall–Kier alpha value is -1.79. The Balaban J connectivity index is 0.000000194. The van der Waals surface area contributed by atoms with E-state index in [2.05, 4.69) is 260 Å². The van der Waals surface area contributed by atoms with Crippen LogP contribution in [0.4, 0.5) is 0 Å². The minimum atomic E-state index is -2.32. The first-order valence-electron chi connectivity index (χ1n) is 43.9. The monoisotopic (exact) mass is 2120 g/mol. The second-order valence-corrected chi connectivity index (χ2v) is 97.0. The van der Waals surface area contributed by atoms with Crippen LogP contribution in [-0.4, -0.2) is 65.6 Å². The topological polar surface area (TPSA) is 34.1 Å². The molecule has 0 saturated carbocycles. The number of hydrogen-bond acceptors (Lipinski definition) is 13. The van der Waals surface area contributed by atoms with Gasteiger partial charge in [0.05, 0.1) is 9.75 Å². The van der Waals surface area contributed by atoms with Gasteiger partial charge in [-0.3, -0.25) is 9.59 Å². The van der Waals surface area contributed by atoms with Crippen LogP contribution in [0.5, 0.6) is 0 Å². The third kappa shape index (κ3) is 26.9. The molecule has 0 amide bonds. The molecule has 5 atom stereocenters. The molecule has 17 heteroatoms. The molecule has 634 valence electrons. The number of fused-ring (bicyclic) bond motifs is 6. The molecule has 0 bridgehead atoms. The van der Waals surface area contributed by atoms with Crippen molar-refractivity contribution in [3.8, 4) is 41.8 Å². The van der Waals surface area contributed by atoms with E-state index < -0.39 is 54.0 Å². The molecule has 2 aromatic carbocycles. The number of unbranched alkanes of at least 4 members (excludes halogenated alkanes) is 5. The Morgan fingerprint density at radius 1 is 0.316 bits per heavy atom. The number of thiophene rings is 11. The van der Waals surface area contributed by atoms with Gasteiger partial charge in [0.1, 0.15) is 0 Å². The third-order valence-corrected chi connectivity index (χ3v) is 53.1. The summed E-state index contributed by atoms with van der Waals surface area (Å²) in [5.41, 5.74) is 7.17. The van der Waals surface area contributed by atoms with E-state index in [9.17, 15) is 9.59 Å². The predicted molar refractivity (Wildman–Crippen MR) is 554 cm³/mol.